The molecule has 45 heavy (non-hydrogen) atoms. The number of aromatic nitrogens is 1. The fraction of sp³-hybridized carbons (Fsp3) is 0.361. The van der Waals surface area contributed by atoms with Gasteiger partial charge in [-0.2, -0.15) is 0 Å². The number of rotatable bonds is 17. The van der Waals surface area contributed by atoms with E-state index in [1.54, 1.807) is 4.90 Å². The average molecular weight is 650 g/mol. The molecule has 1 amide bonds. The number of ether oxygens (including phenoxy) is 1. The van der Waals surface area contributed by atoms with Gasteiger partial charge in [0.25, 0.3) is 0 Å². The molecule has 0 spiro atoms. The molecule has 0 aliphatic rings. The van der Waals surface area contributed by atoms with E-state index < -0.39 is 5.97 Å². The molecule has 0 radical (unpaired) electrons. The van der Waals surface area contributed by atoms with Crippen LogP contribution in [0.25, 0.3) is 11.3 Å². The highest BCUT2D eigenvalue weighted by Crippen LogP contribution is 2.30. The van der Waals surface area contributed by atoms with Gasteiger partial charge in [-0.3, -0.25) is 14.5 Å². The number of hydrogen-bond acceptors (Lipinski definition) is 6. The Morgan fingerprint density at radius 1 is 0.956 bits per heavy atom. The first-order chi connectivity index (χ1) is 21.3. The lowest BCUT2D eigenvalue weighted by Gasteiger charge is -2.18. The summed E-state index contributed by atoms with van der Waals surface area (Å²) in [6.07, 6.45) is 4.85. The van der Waals surface area contributed by atoms with Gasteiger partial charge in [-0.1, -0.05) is 81.3 Å². The van der Waals surface area contributed by atoms with Crippen LogP contribution in [0, 0.1) is 6.92 Å². The maximum atomic E-state index is 12.6. The minimum atomic E-state index is -0.989. The van der Waals surface area contributed by atoms with Gasteiger partial charge < -0.3 is 15.2 Å². The summed E-state index contributed by atoms with van der Waals surface area (Å²) in [5, 5.41) is 15.0. The first-order valence-corrected chi connectivity index (χ1v) is 16.2. The summed E-state index contributed by atoms with van der Waals surface area (Å²) < 4.78 is 6.12. The summed E-state index contributed by atoms with van der Waals surface area (Å²) in [6, 6.07) is 24.4. The van der Waals surface area contributed by atoms with Crippen LogP contribution in [0.5, 0.6) is 5.75 Å². The fourth-order valence-corrected chi connectivity index (χ4v) is 6.19. The third-order valence-corrected chi connectivity index (χ3v) is 8.41. The molecular formula is C36H44ClN3O4S. The minimum absolute atomic E-state index is 0. The molecule has 0 saturated heterocycles. The molecule has 0 fully saturated rings. The van der Waals surface area contributed by atoms with Crippen LogP contribution < -0.4 is 10.1 Å². The van der Waals surface area contributed by atoms with E-state index in [-0.39, 0.29) is 37.9 Å². The number of carboxylic acid groups (broad SMARTS) is 1. The lowest BCUT2D eigenvalue weighted by Crippen LogP contribution is -2.39. The van der Waals surface area contributed by atoms with Gasteiger partial charge in [-0.05, 0) is 66.1 Å². The van der Waals surface area contributed by atoms with Crippen molar-refractivity contribution >= 4 is 35.6 Å². The Bertz CT molecular complexity index is 1490. The minimum Gasteiger partial charge on any atom is -0.489 e. The Balaban J connectivity index is 0.00000552. The Kier molecular flexibility index (Phi) is 14.5. The van der Waals surface area contributed by atoms with E-state index in [1.807, 2.05) is 60.8 Å². The number of carbonyl (C=O) groups is 2. The molecule has 3 aromatic carbocycles. The van der Waals surface area contributed by atoms with Crippen LogP contribution in [-0.4, -0.2) is 40.0 Å². The summed E-state index contributed by atoms with van der Waals surface area (Å²) in [5.74, 6) is 0.212. The van der Waals surface area contributed by atoms with E-state index in [1.165, 1.54) is 42.6 Å². The number of hydrogen-bond donors (Lipinski definition) is 2. The van der Waals surface area contributed by atoms with Gasteiger partial charge in [0.2, 0.25) is 5.91 Å². The molecule has 2 N–H and O–H groups in total. The number of amides is 1. The van der Waals surface area contributed by atoms with Gasteiger partial charge in [-0.15, -0.1) is 23.7 Å². The predicted octanol–water partition coefficient (Wildman–Crippen LogP) is 8.01. The number of aliphatic carboxylic acids is 1. The highest BCUT2D eigenvalue weighted by Gasteiger charge is 2.17. The van der Waals surface area contributed by atoms with Gasteiger partial charge in [0.15, 0.2) is 0 Å². The van der Waals surface area contributed by atoms with Crippen LogP contribution in [0.4, 0.5) is 0 Å². The molecule has 0 saturated carbocycles. The number of thiazole rings is 1. The first-order valence-electron chi connectivity index (χ1n) is 15.4. The van der Waals surface area contributed by atoms with Crippen molar-refractivity contribution < 1.29 is 19.4 Å². The van der Waals surface area contributed by atoms with Crippen LogP contribution >= 0.6 is 23.7 Å². The van der Waals surface area contributed by atoms with Crippen LogP contribution in [0.15, 0.2) is 78.2 Å². The molecule has 7 nitrogen and oxygen atoms in total. The third kappa shape index (κ3) is 11.3. The number of nitrogens with one attached hydrogen (secondary N) is 1. The van der Waals surface area contributed by atoms with E-state index in [0.717, 1.165) is 38.7 Å². The van der Waals surface area contributed by atoms with Crippen LogP contribution in [0.2, 0.25) is 0 Å². The lowest BCUT2D eigenvalue weighted by atomic mass is 9.90. The molecule has 9 heteroatoms. The van der Waals surface area contributed by atoms with Crippen molar-refractivity contribution in [2.45, 2.75) is 72.1 Å². The Morgan fingerprint density at radius 3 is 2.31 bits per heavy atom. The third-order valence-electron chi connectivity index (χ3n) is 7.57. The predicted molar refractivity (Wildman–Crippen MR) is 184 cm³/mol. The van der Waals surface area contributed by atoms with Crippen molar-refractivity contribution in [3.63, 3.8) is 0 Å². The molecule has 4 rings (SSSR count). The smallest absolute Gasteiger partial charge is 0.317 e. The Hall–Kier alpha value is -3.72. The molecule has 0 unspecified atom stereocenters. The summed E-state index contributed by atoms with van der Waals surface area (Å²) in [5.41, 5.74) is 6.40. The molecule has 1 aromatic heterocycles. The zero-order valence-electron chi connectivity index (χ0n) is 26.3. The normalized spacial score (nSPS) is 11.0. The van der Waals surface area contributed by atoms with Crippen LogP contribution in [0.3, 0.4) is 0 Å². The second kappa shape index (κ2) is 18.3. The van der Waals surface area contributed by atoms with Gasteiger partial charge in [0, 0.05) is 17.5 Å². The number of carbonyl (C=O) groups excluding carboxylic acids is 1. The van der Waals surface area contributed by atoms with E-state index in [0.29, 0.717) is 19.1 Å². The number of benzene rings is 3. The summed E-state index contributed by atoms with van der Waals surface area (Å²) >= 11 is 1.46. The largest absolute Gasteiger partial charge is 0.489 e. The lowest BCUT2D eigenvalue weighted by molar-refractivity contribution is -0.138. The molecule has 240 valence electrons. The maximum absolute atomic E-state index is 12.6. The van der Waals surface area contributed by atoms with Crippen molar-refractivity contribution in [3.05, 3.63) is 105 Å². The van der Waals surface area contributed by atoms with E-state index in [4.69, 9.17) is 9.72 Å². The Labute approximate surface area is 277 Å². The quantitative estimate of drug-likeness (QED) is 0.120. The summed E-state index contributed by atoms with van der Waals surface area (Å²) in [6.45, 7) is 7.42. The zero-order chi connectivity index (χ0) is 31.3. The number of carboxylic acids is 1. The van der Waals surface area contributed by atoms with Crippen molar-refractivity contribution in [2.24, 2.45) is 0 Å². The van der Waals surface area contributed by atoms with Crippen molar-refractivity contribution in [1.29, 1.82) is 0 Å². The Morgan fingerprint density at radius 2 is 1.67 bits per heavy atom. The highest BCUT2D eigenvalue weighted by molar-refractivity contribution is 7.09. The average Bonchev–Trinajstić information content (AvgIpc) is 3.47. The molecule has 0 aliphatic heterocycles. The summed E-state index contributed by atoms with van der Waals surface area (Å²) in [7, 11) is 0. The summed E-state index contributed by atoms with van der Waals surface area (Å²) in [4.78, 5) is 30.4. The van der Waals surface area contributed by atoms with E-state index >= 15 is 0 Å². The second-order valence-corrected chi connectivity index (χ2v) is 12.2. The molecule has 4 aromatic rings. The van der Waals surface area contributed by atoms with Crippen LogP contribution in [0.1, 0.15) is 72.7 Å². The number of aryl methyl sites for hydroxylation is 1. The van der Waals surface area contributed by atoms with Crippen molar-refractivity contribution in [1.82, 2.24) is 15.2 Å². The fourth-order valence-electron chi connectivity index (χ4n) is 5.35. The van der Waals surface area contributed by atoms with Gasteiger partial charge in [0.1, 0.15) is 17.4 Å². The molecular weight excluding hydrogens is 606 g/mol. The van der Waals surface area contributed by atoms with Crippen molar-refractivity contribution in [2.75, 3.05) is 13.1 Å². The van der Waals surface area contributed by atoms with E-state index in [2.05, 4.69) is 43.4 Å². The number of halogens is 1. The van der Waals surface area contributed by atoms with Crippen molar-refractivity contribution in [3.8, 4) is 17.0 Å². The monoisotopic (exact) mass is 649 g/mol. The van der Waals surface area contributed by atoms with Gasteiger partial charge >= 0.3 is 5.97 Å². The van der Waals surface area contributed by atoms with E-state index in [9.17, 15) is 14.7 Å². The standard InChI is InChI=1S/C36H43N3O4S.ClH/c1-4-9-29(10-5-2)30-15-13-28(14-16-30)24-43-31-17-18-32(26(3)19-31)33-25-44-35(38-33)22-39(23-36(41)42)21-34(40)37-20-27-11-7-6-8-12-27;/h6-8,11-19,25,29H,4-5,9-10,20-24H2,1-3H3,(H,37,40)(H,41,42);1H. The second-order valence-electron chi connectivity index (χ2n) is 11.2. The topological polar surface area (TPSA) is 91.8 Å². The first kappa shape index (κ1) is 35.8. The van der Waals surface area contributed by atoms with Gasteiger partial charge in [0.05, 0.1) is 25.3 Å². The zero-order valence-corrected chi connectivity index (χ0v) is 28.0. The molecule has 0 bridgehead atoms. The molecule has 0 aliphatic carbocycles. The van der Waals surface area contributed by atoms with Crippen LogP contribution in [-0.2, 0) is 29.3 Å². The highest BCUT2D eigenvalue weighted by atomic mass is 35.5. The molecule has 0 atom stereocenters. The van der Waals surface area contributed by atoms with Gasteiger partial charge in [-0.25, -0.2) is 4.98 Å². The SMILES string of the molecule is CCCC(CCC)c1ccc(COc2ccc(-c3csc(CN(CC(=O)O)CC(=O)NCc4ccccc4)n3)c(C)c2)cc1.Cl. The molecule has 1 heterocycles. The number of nitrogens with zero attached hydrogens (tertiary/aromatic N) is 2. The maximum Gasteiger partial charge on any atom is 0.317 e.